The average molecular weight is 294 g/mol. The molecule has 1 N–H and O–H groups in total. The van der Waals surface area contributed by atoms with Gasteiger partial charge < -0.3 is 5.32 Å². The minimum atomic E-state index is -0.601. The van der Waals surface area contributed by atoms with Gasteiger partial charge in [-0.15, -0.1) is 0 Å². The number of hydrogen-bond acceptors (Lipinski definition) is 1. The van der Waals surface area contributed by atoms with Crippen LogP contribution < -0.4 is 5.32 Å². The molecule has 0 atom stereocenters. The minimum absolute atomic E-state index is 0.453. The van der Waals surface area contributed by atoms with Gasteiger partial charge in [0.1, 0.15) is 11.6 Å². The van der Waals surface area contributed by atoms with E-state index in [4.69, 9.17) is 11.6 Å². The van der Waals surface area contributed by atoms with Gasteiger partial charge in [0.15, 0.2) is 0 Å². The van der Waals surface area contributed by atoms with Gasteiger partial charge in [-0.3, -0.25) is 0 Å². The Morgan fingerprint density at radius 2 is 1.75 bits per heavy atom. The first-order chi connectivity index (χ1) is 9.61. The Hall–Kier alpha value is -1.45. The van der Waals surface area contributed by atoms with Crippen molar-refractivity contribution in [2.75, 3.05) is 0 Å². The molecule has 1 aliphatic rings. The van der Waals surface area contributed by atoms with E-state index >= 15 is 0 Å². The van der Waals surface area contributed by atoms with E-state index in [9.17, 15) is 8.78 Å². The van der Waals surface area contributed by atoms with Gasteiger partial charge in [0, 0.05) is 29.2 Å². The number of rotatable bonds is 4. The largest absolute Gasteiger partial charge is 0.310 e. The fourth-order valence-electron chi connectivity index (χ4n) is 2.16. The average Bonchev–Trinajstić information content (AvgIpc) is 3.19. The van der Waals surface area contributed by atoms with Gasteiger partial charge in [-0.2, -0.15) is 0 Å². The Bertz CT molecular complexity index is 618. The van der Waals surface area contributed by atoms with Gasteiger partial charge in [-0.1, -0.05) is 23.7 Å². The quantitative estimate of drug-likeness (QED) is 0.873. The molecule has 4 heteroatoms. The van der Waals surface area contributed by atoms with Crippen LogP contribution in [-0.2, 0) is 6.54 Å². The first-order valence-electron chi connectivity index (χ1n) is 6.60. The molecule has 1 saturated carbocycles. The van der Waals surface area contributed by atoms with Gasteiger partial charge in [0.05, 0.1) is 0 Å². The Kier molecular flexibility index (Phi) is 3.72. The standard InChI is InChI=1S/C16H14ClF2N/c17-16-5-10(9-20-14-2-3-14)1-4-15(16)11-6-12(18)8-13(19)7-11/h1,4-8,14,20H,2-3,9H2. The summed E-state index contributed by atoms with van der Waals surface area (Å²) in [7, 11) is 0. The minimum Gasteiger partial charge on any atom is -0.310 e. The summed E-state index contributed by atoms with van der Waals surface area (Å²) in [6, 6.07) is 9.63. The van der Waals surface area contributed by atoms with Crippen LogP contribution in [0.25, 0.3) is 11.1 Å². The molecule has 0 bridgehead atoms. The predicted octanol–water partition coefficient (Wildman–Crippen LogP) is 4.54. The smallest absolute Gasteiger partial charge is 0.126 e. The van der Waals surface area contributed by atoms with Crippen LogP contribution in [0.3, 0.4) is 0 Å². The zero-order chi connectivity index (χ0) is 14.1. The van der Waals surface area contributed by atoms with E-state index in [2.05, 4.69) is 5.32 Å². The van der Waals surface area contributed by atoms with Crippen LogP contribution in [0.1, 0.15) is 18.4 Å². The van der Waals surface area contributed by atoms with Crippen molar-refractivity contribution in [3.8, 4) is 11.1 Å². The molecule has 3 rings (SSSR count). The molecular formula is C16H14ClF2N. The summed E-state index contributed by atoms with van der Waals surface area (Å²) >= 11 is 6.23. The van der Waals surface area contributed by atoms with Crippen molar-refractivity contribution in [1.29, 1.82) is 0 Å². The third-order valence-electron chi connectivity index (χ3n) is 3.38. The Morgan fingerprint density at radius 1 is 1.05 bits per heavy atom. The van der Waals surface area contributed by atoms with Crippen molar-refractivity contribution >= 4 is 11.6 Å². The summed E-state index contributed by atoms with van der Waals surface area (Å²) in [6.45, 7) is 0.766. The van der Waals surface area contributed by atoms with E-state index in [-0.39, 0.29) is 0 Å². The molecule has 2 aromatic carbocycles. The molecule has 0 saturated heterocycles. The monoisotopic (exact) mass is 293 g/mol. The first-order valence-corrected chi connectivity index (χ1v) is 6.98. The van der Waals surface area contributed by atoms with E-state index in [1.807, 2.05) is 12.1 Å². The summed E-state index contributed by atoms with van der Waals surface area (Å²) in [5, 5.41) is 3.90. The van der Waals surface area contributed by atoms with Crippen LogP contribution >= 0.6 is 11.6 Å². The van der Waals surface area contributed by atoms with E-state index in [1.54, 1.807) is 6.07 Å². The van der Waals surface area contributed by atoms with Gasteiger partial charge in [-0.05, 0) is 42.2 Å². The third kappa shape index (κ3) is 3.17. The van der Waals surface area contributed by atoms with Crippen LogP contribution in [0.15, 0.2) is 36.4 Å². The number of benzene rings is 2. The Balaban J connectivity index is 1.85. The predicted molar refractivity (Wildman–Crippen MR) is 76.7 cm³/mol. The van der Waals surface area contributed by atoms with Crippen LogP contribution in [-0.4, -0.2) is 6.04 Å². The first kappa shape index (κ1) is 13.5. The maximum Gasteiger partial charge on any atom is 0.126 e. The molecule has 0 aliphatic heterocycles. The van der Waals surface area contributed by atoms with E-state index in [1.165, 1.54) is 25.0 Å². The number of nitrogens with one attached hydrogen (secondary N) is 1. The highest BCUT2D eigenvalue weighted by Gasteiger charge is 2.20. The molecule has 104 valence electrons. The highest BCUT2D eigenvalue weighted by molar-refractivity contribution is 6.33. The Labute approximate surface area is 121 Å². The zero-order valence-corrected chi connectivity index (χ0v) is 11.6. The molecule has 0 spiro atoms. The lowest BCUT2D eigenvalue weighted by atomic mass is 10.0. The highest BCUT2D eigenvalue weighted by Crippen LogP contribution is 2.30. The molecule has 0 aromatic heterocycles. The second kappa shape index (κ2) is 5.51. The lowest BCUT2D eigenvalue weighted by Crippen LogP contribution is -2.15. The molecule has 20 heavy (non-hydrogen) atoms. The summed E-state index contributed by atoms with van der Waals surface area (Å²) in [5.41, 5.74) is 2.16. The number of hydrogen-bond donors (Lipinski definition) is 1. The SMILES string of the molecule is Fc1cc(F)cc(-c2ccc(CNC3CC3)cc2Cl)c1. The normalized spacial score (nSPS) is 14.6. The van der Waals surface area contributed by atoms with E-state index in [0.717, 1.165) is 18.2 Å². The maximum atomic E-state index is 13.2. The third-order valence-corrected chi connectivity index (χ3v) is 3.69. The highest BCUT2D eigenvalue weighted by atomic mass is 35.5. The van der Waals surface area contributed by atoms with E-state index in [0.29, 0.717) is 22.2 Å². The topological polar surface area (TPSA) is 12.0 Å². The van der Waals surface area contributed by atoms with Gasteiger partial charge >= 0.3 is 0 Å². The van der Waals surface area contributed by atoms with Crippen molar-refractivity contribution < 1.29 is 8.78 Å². The van der Waals surface area contributed by atoms with Crippen LogP contribution in [0.4, 0.5) is 8.78 Å². The molecule has 0 heterocycles. The summed E-state index contributed by atoms with van der Waals surface area (Å²) < 4.78 is 26.5. The molecule has 0 amide bonds. The second-order valence-electron chi connectivity index (χ2n) is 5.13. The fourth-order valence-corrected chi connectivity index (χ4v) is 2.47. The molecule has 1 nitrogen and oxygen atoms in total. The van der Waals surface area contributed by atoms with Crippen molar-refractivity contribution in [3.63, 3.8) is 0 Å². The van der Waals surface area contributed by atoms with Gasteiger partial charge in [0.2, 0.25) is 0 Å². The van der Waals surface area contributed by atoms with Crippen LogP contribution in [0.5, 0.6) is 0 Å². The second-order valence-corrected chi connectivity index (χ2v) is 5.53. The van der Waals surface area contributed by atoms with Crippen LogP contribution in [0.2, 0.25) is 5.02 Å². The molecule has 0 unspecified atom stereocenters. The summed E-state index contributed by atoms with van der Waals surface area (Å²) in [4.78, 5) is 0. The number of halogens is 3. The van der Waals surface area contributed by atoms with Crippen molar-refractivity contribution in [2.45, 2.75) is 25.4 Å². The summed E-state index contributed by atoms with van der Waals surface area (Å²) in [6.07, 6.45) is 2.46. The summed E-state index contributed by atoms with van der Waals surface area (Å²) in [5.74, 6) is -1.20. The molecule has 2 aromatic rings. The lowest BCUT2D eigenvalue weighted by molar-refractivity contribution is 0.584. The fraction of sp³-hybridized carbons (Fsp3) is 0.250. The van der Waals surface area contributed by atoms with Crippen molar-refractivity contribution in [1.82, 2.24) is 5.32 Å². The van der Waals surface area contributed by atoms with Gasteiger partial charge in [-0.25, -0.2) is 8.78 Å². The van der Waals surface area contributed by atoms with Crippen molar-refractivity contribution in [3.05, 3.63) is 58.6 Å². The molecule has 1 fully saturated rings. The molecular weight excluding hydrogens is 280 g/mol. The van der Waals surface area contributed by atoms with Crippen LogP contribution in [0, 0.1) is 11.6 Å². The maximum absolute atomic E-state index is 13.2. The van der Waals surface area contributed by atoms with Crippen molar-refractivity contribution in [2.24, 2.45) is 0 Å². The molecule has 0 radical (unpaired) electrons. The Morgan fingerprint density at radius 3 is 2.35 bits per heavy atom. The van der Waals surface area contributed by atoms with E-state index < -0.39 is 11.6 Å². The molecule has 1 aliphatic carbocycles. The lowest BCUT2D eigenvalue weighted by Gasteiger charge is -2.09. The van der Waals surface area contributed by atoms with Gasteiger partial charge in [0.25, 0.3) is 0 Å². The zero-order valence-electron chi connectivity index (χ0n) is 10.8.